The molecule has 7 heteroatoms. The largest absolute Gasteiger partial charge is 0.467 e. The fraction of sp³-hybridized carbons (Fsp3) is 0.148. The first-order valence-corrected chi connectivity index (χ1v) is 10.8. The Bertz CT molecular complexity index is 1420. The van der Waals surface area contributed by atoms with Gasteiger partial charge < -0.3 is 19.6 Å². The van der Waals surface area contributed by atoms with Crippen LogP contribution in [-0.2, 0) is 22.7 Å². The summed E-state index contributed by atoms with van der Waals surface area (Å²) in [4.78, 5) is 25.4. The van der Waals surface area contributed by atoms with Crippen molar-refractivity contribution in [1.82, 2.24) is 9.88 Å². The molecule has 7 nitrogen and oxygen atoms in total. The van der Waals surface area contributed by atoms with E-state index in [9.17, 15) is 14.9 Å². The average molecular weight is 453 g/mol. The van der Waals surface area contributed by atoms with Gasteiger partial charge in [0.1, 0.15) is 23.9 Å². The molecule has 2 N–H and O–H groups in total. The maximum atomic E-state index is 12.8. The summed E-state index contributed by atoms with van der Waals surface area (Å²) in [6.45, 7) is 4.23. The van der Waals surface area contributed by atoms with Crippen molar-refractivity contribution in [2.24, 2.45) is 0 Å². The molecule has 2 amide bonds. The summed E-state index contributed by atoms with van der Waals surface area (Å²) in [5, 5.41) is 16.2. The van der Waals surface area contributed by atoms with Gasteiger partial charge in [0, 0.05) is 28.4 Å². The van der Waals surface area contributed by atoms with Gasteiger partial charge in [0.05, 0.1) is 12.8 Å². The van der Waals surface area contributed by atoms with Crippen molar-refractivity contribution in [3.05, 3.63) is 95.1 Å². The van der Waals surface area contributed by atoms with E-state index in [2.05, 4.69) is 10.6 Å². The van der Waals surface area contributed by atoms with Crippen LogP contribution in [0.4, 0.5) is 5.69 Å². The van der Waals surface area contributed by atoms with Crippen LogP contribution in [0, 0.1) is 25.2 Å². The number of nitrogens with one attached hydrogen (secondary N) is 2. The van der Waals surface area contributed by atoms with Crippen LogP contribution in [0.1, 0.15) is 22.5 Å². The quantitative estimate of drug-likeness (QED) is 0.313. The Morgan fingerprint density at radius 1 is 1.12 bits per heavy atom. The molecule has 170 valence electrons. The van der Waals surface area contributed by atoms with Gasteiger partial charge in [-0.15, -0.1) is 0 Å². The molecule has 0 spiro atoms. The summed E-state index contributed by atoms with van der Waals surface area (Å²) in [7, 11) is 0. The van der Waals surface area contributed by atoms with Crippen molar-refractivity contribution < 1.29 is 14.0 Å². The number of carbonyl (C=O) groups is 2. The predicted octanol–water partition coefficient (Wildman–Crippen LogP) is 4.71. The molecule has 0 aliphatic rings. The summed E-state index contributed by atoms with van der Waals surface area (Å²) in [5.74, 6) is 0.00735. The number of nitrogens with zero attached hydrogens (tertiary/aromatic N) is 2. The van der Waals surface area contributed by atoms with Gasteiger partial charge in [0.25, 0.3) is 5.91 Å². The fourth-order valence-electron chi connectivity index (χ4n) is 3.69. The zero-order chi connectivity index (χ0) is 24.1. The van der Waals surface area contributed by atoms with Crippen LogP contribution in [0.2, 0.25) is 0 Å². The van der Waals surface area contributed by atoms with Gasteiger partial charge >= 0.3 is 0 Å². The first-order valence-electron chi connectivity index (χ1n) is 10.8. The smallest absolute Gasteiger partial charge is 0.266 e. The van der Waals surface area contributed by atoms with Crippen molar-refractivity contribution >= 4 is 34.5 Å². The van der Waals surface area contributed by atoms with E-state index in [0.29, 0.717) is 23.6 Å². The Hall–Kier alpha value is -4.57. The standard InChI is InChI=1S/C27H24N4O3/c1-18-9-10-19(2)24(12-18)30-27(33)20(14-28)13-21-16-31(25-8-4-3-7-23(21)25)17-26(32)29-15-22-6-5-11-34-22/h3-13,16H,15,17H2,1-2H3,(H,29,32)(H,30,33). The summed E-state index contributed by atoms with van der Waals surface area (Å²) < 4.78 is 7.05. The number of rotatable bonds is 7. The number of hydrogen-bond donors (Lipinski definition) is 2. The minimum absolute atomic E-state index is 0.0221. The van der Waals surface area contributed by atoms with Crippen LogP contribution in [0.25, 0.3) is 17.0 Å². The second kappa shape index (κ2) is 9.92. The maximum Gasteiger partial charge on any atom is 0.266 e. The summed E-state index contributed by atoms with van der Waals surface area (Å²) in [6, 6.07) is 18.9. The fourth-order valence-corrected chi connectivity index (χ4v) is 3.69. The van der Waals surface area contributed by atoms with E-state index in [4.69, 9.17) is 4.42 Å². The Morgan fingerprint density at radius 3 is 2.71 bits per heavy atom. The third-order valence-electron chi connectivity index (χ3n) is 5.48. The Labute approximate surface area is 197 Å². The first kappa shape index (κ1) is 22.6. The molecule has 4 rings (SSSR count). The molecule has 0 saturated heterocycles. The van der Waals surface area contributed by atoms with E-state index >= 15 is 0 Å². The van der Waals surface area contributed by atoms with E-state index in [1.165, 1.54) is 0 Å². The van der Waals surface area contributed by atoms with Crippen LogP contribution in [-0.4, -0.2) is 16.4 Å². The van der Waals surface area contributed by atoms with Crippen molar-refractivity contribution in [3.63, 3.8) is 0 Å². The highest BCUT2D eigenvalue weighted by Crippen LogP contribution is 2.24. The topological polar surface area (TPSA) is 100 Å². The van der Waals surface area contributed by atoms with Gasteiger partial charge in [-0.05, 0) is 55.3 Å². The second-order valence-electron chi connectivity index (χ2n) is 8.03. The highest BCUT2D eigenvalue weighted by molar-refractivity contribution is 6.11. The zero-order valence-electron chi connectivity index (χ0n) is 19.0. The molecule has 0 aliphatic heterocycles. The van der Waals surface area contributed by atoms with Crippen molar-refractivity contribution in [2.75, 3.05) is 5.32 Å². The Balaban J connectivity index is 1.58. The SMILES string of the molecule is Cc1ccc(C)c(NC(=O)C(C#N)=Cc2cn(CC(=O)NCc3ccco3)c3ccccc23)c1. The zero-order valence-corrected chi connectivity index (χ0v) is 19.0. The molecular weight excluding hydrogens is 428 g/mol. The lowest BCUT2D eigenvalue weighted by Crippen LogP contribution is -2.26. The number of benzene rings is 2. The lowest BCUT2D eigenvalue weighted by Gasteiger charge is -2.08. The molecule has 2 aromatic carbocycles. The molecular formula is C27H24N4O3. The third-order valence-corrected chi connectivity index (χ3v) is 5.48. The molecule has 34 heavy (non-hydrogen) atoms. The Kier molecular flexibility index (Phi) is 6.60. The number of aryl methyl sites for hydroxylation is 2. The monoisotopic (exact) mass is 452 g/mol. The number of aromatic nitrogens is 1. The normalized spacial score (nSPS) is 11.3. The number of amides is 2. The van der Waals surface area contributed by atoms with Crippen LogP contribution in [0.3, 0.4) is 0 Å². The van der Waals surface area contributed by atoms with Gasteiger partial charge in [0.2, 0.25) is 5.91 Å². The van der Waals surface area contributed by atoms with E-state index in [0.717, 1.165) is 22.0 Å². The van der Waals surface area contributed by atoms with Crippen LogP contribution >= 0.6 is 0 Å². The number of hydrogen-bond acceptors (Lipinski definition) is 4. The van der Waals surface area contributed by atoms with Gasteiger partial charge in [-0.3, -0.25) is 9.59 Å². The van der Waals surface area contributed by atoms with Crippen LogP contribution in [0.5, 0.6) is 0 Å². The number of anilines is 1. The molecule has 2 heterocycles. The number of nitriles is 1. The molecule has 0 aliphatic carbocycles. The molecule has 0 fully saturated rings. The molecule has 2 aromatic heterocycles. The molecule has 0 bridgehead atoms. The van der Waals surface area contributed by atoms with E-state index < -0.39 is 5.91 Å². The van der Waals surface area contributed by atoms with Crippen LogP contribution < -0.4 is 10.6 Å². The third kappa shape index (κ3) is 5.08. The minimum Gasteiger partial charge on any atom is -0.467 e. The summed E-state index contributed by atoms with van der Waals surface area (Å²) in [5.41, 5.74) is 4.08. The summed E-state index contributed by atoms with van der Waals surface area (Å²) >= 11 is 0. The molecule has 0 radical (unpaired) electrons. The van der Waals surface area contributed by atoms with Crippen molar-refractivity contribution in [3.8, 4) is 6.07 Å². The van der Waals surface area contributed by atoms with E-state index in [1.54, 1.807) is 35.2 Å². The summed E-state index contributed by atoms with van der Waals surface area (Å²) in [6.07, 6.45) is 4.89. The van der Waals surface area contributed by atoms with Gasteiger partial charge in [-0.2, -0.15) is 5.26 Å². The lowest BCUT2D eigenvalue weighted by atomic mass is 10.1. The molecule has 0 atom stereocenters. The first-order chi connectivity index (χ1) is 16.4. The number of fused-ring (bicyclic) bond motifs is 1. The van der Waals surface area contributed by atoms with Gasteiger partial charge in [-0.1, -0.05) is 30.3 Å². The van der Waals surface area contributed by atoms with Crippen molar-refractivity contribution in [2.45, 2.75) is 26.9 Å². The van der Waals surface area contributed by atoms with Gasteiger partial charge in [0.15, 0.2) is 0 Å². The highest BCUT2D eigenvalue weighted by atomic mass is 16.3. The number of furan rings is 1. The van der Waals surface area contributed by atoms with Gasteiger partial charge in [-0.25, -0.2) is 0 Å². The molecule has 4 aromatic rings. The lowest BCUT2D eigenvalue weighted by molar-refractivity contribution is -0.121. The average Bonchev–Trinajstić information content (AvgIpc) is 3.47. The second-order valence-corrected chi connectivity index (χ2v) is 8.03. The van der Waals surface area contributed by atoms with Crippen LogP contribution in [0.15, 0.2) is 77.0 Å². The minimum atomic E-state index is -0.482. The molecule has 0 unspecified atom stereocenters. The Morgan fingerprint density at radius 2 is 1.94 bits per heavy atom. The maximum absolute atomic E-state index is 12.8. The van der Waals surface area contributed by atoms with Crippen molar-refractivity contribution in [1.29, 1.82) is 5.26 Å². The highest BCUT2D eigenvalue weighted by Gasteiger charge is 2.15. The number of para-hydroxylation sites is 1. The number of carbonyl (C=O) groups excluding carboxylic acids is 2. The molecule has 0 saturated carbocycles. The predicted molar refractivity (Wildman–Crippen MR) is 131 cm³/mol. The van der Waals surface area contributed by atoms with E-state index in [1.807, 2.05) is 62.4 Å². The van der Waals surface area contributed by atoms with E-state index in [-0.39, 0.29) is 18.0 Å².